The second-order valence-electron chi connectivity index (χ2n) is 5.22. The fourth-order valence-electron chi connectivity index (χ4n) is 1.90. The van der Waals surface area contributed by atoms with Gasteiger partial charge in [0.1, 0.15) is 12.2 Å². The molecular formula is C16H18O11. The molecule has 0 heterocycles. The highest BCUT2D eigenvalue weighted by molar-refractivity contribution is 5.89. The quantitative estimate of drug-likeness (QED) is 0.215. The summed E-state index contributed by atoms with van der Waals surface area (Å²) in [5, 5.41) is 55.4. The van der Waals surface area contributed by atoms with E-state index < -0.39 is 42.3 Å². The van der Waals surface area contributed by atoms with Gasteiger partial charge in [-0.05, 0) is 23.8 Å². The molecule has 0 amide bonds. The van der Waals surface area contributed by atoms with Gasteiger partial charge in [-0.25, -0.2) is 14.4 Å². The summed E-state index contributed by atoms with van der Waals surface area (Å²) in [5.41, 5.74) is 0.385. The van der Waals surface area contributed by atoms with Crippen molar-refractivity contribution < 1.29 is 54.5 Å². The maximum absolute atomic E-state index is 11.8. The number of carbonyl (C=O) groups excluding carboxylic acids is 1. The molecule has 0 radical (unpaired) electrons. The van der Waals surface area contributed by atoms with Crippen LogP contribution in [0.1, 0.15) is 5.56 Å². The number of aliphatic carboxylic acids is 2. The largest absolute Gasteiger partial charge is 0.504 e. The number of methoxy groups -OCH3 is 1. The van der Waals surface area contributed by atoms with Gasteiger partial charge in [-0.3, -0.25) is 0 Å². The number of aliphatic hydroxyl groups is 3. The van der Waals surface area contributed by atoms with Crippen molar-refractivity contribution in [1.29, 1.82) is 0 Å². The summed E-state index contributed by atoms with van der Waals surface area (Å²) in [5.74, 6) is -5.02. The van der Waals surface area contributed by atoms with Gasteiger partial charge in [0.25, 0.3) is 0 Å². The van der Waals surface area contributed by atoms with Crippen molar-refractivity contribution >= 4 is 24.0 Å². The standard InChI is InChI=1S/C16H18O11/c1-26-9-6-7(2-4-8(9)17)3-5-10(18)27-14(16(24)25)12(20)11(19)13(21)15(22)23/h2-6,11-14,17,19-21H,1H3,(H,22,23)(H,24,25). The first kappa shape index (κ1) is 21.9. The lowest BCUT2D eigenvalue weighted by Crippen LogP contribution is -2.51. The second kappa shape index (κ2) is 9.52. The summed E-state index contributed by atoms with van der Waals surface area (Å²) in [6.45, 7) is 0. The molecule has 1 aromatic carbocycles. The number of hydrogen-bond acceptors (Lipinski definition) is 9. The Labute approximate surface area is 152 Å². The third kappa shape index (κ3) is 5.95. The number of carboxylic acid groups (broad SMARTS) is 2. The van der Waals surface area contributed by atoms with Crippen molar-refractivity contribution in [3.8, 4) is 11.5 Å². The molecule has 0 saturated carbocycles. The molecule has 0 aromatic heterocycles. The summed E-state index contributed by atoms with van der Waals surface area (Å²) in [7, 11) is 1.31. The van der Waals surface area contributed by atoms with E-state index >= 15 is 0 Å². The monoisotopic (exact) mass is 386 g/mol. The van der Waals surface area contributed by atoms with E-state index in [2.05, 4.69) is 4.74 Å². The van der Waals surface area contributed by atoms with Crippen LogP contribution in [-0.4, -0.2) is 80.1 Å². The molecule has 11 heteroatoms. The summed E-state index contributed by atoms with van der Waals surface area (Å²) in [6, 6.07) is 4.07. The van der Waals surface area contributed by atoms with Gasteiger partial charge in [0.05, 0.1) is 7.11 Å². The molecule has 4 unspecified atom stereocenters. The molecule has 4 atom stereocenters. The normalized spacial score (nSPS) is 15.6. The smallest absolute Gasteiger partial charge is 0.347 e. The number of phenols is 1. The Kier molecular flexibility index (Phi) is 7.72. The lowest BCUT2D eigenvalue weighted by Gasteiger charge is -2.24. The van der Waals surface area contributed by atoms with Crippen molar-refractivity contribution in [3.63, 3.8) is 0 Å². The highest BCUT2D eigenvalue weighted by Crippen LogP contribution is 2.26. The second-order valence-corrected chi connectivity index (χ2v) is 5.22. The van der Waals surface area contributed by atoms with E-state index in [4.69, 9.17) is 20.1 Å². The van der Waals surface area contributed by atoms with Crippen molar-refractivity contribution in [2.24, 2.45) is 0 Å². The third-order valence-corrected chi connectivity index (χ3v) is 3.34. The zero-order valence-electron chi connectivity index (χ0n) is 13.9. The average molecular weight is 386 g/mol. The average Bonchev–Trinajstić information content (AvgIpc) is 2.63. The van der Waals surface area contributed by atoms with E-state index in [0.29, 0.717) is 5.56 Å². The number of esters is 1. The van der Waals surface area contributed by atoms with E-state index in [1.807, 2.05) is 0 Å². The first-order chi connectivity index (χ1) is 12.6. The van der Waals surface area contributed by atoms with Crippen molar-refractivity contribution in [1.82, 2.24) is 0 Å². The summed E-state index contributed by atoms with van der Waals surface area (Å²) >= 11 is 0. The van der Waals surface area contributed by atoms with Crippen LogP contribution in [0.25, 0.3) is 6.08 Å². The SMILES string of the molecule is COc1cc(C=CC(=O)OC(C(=O)O)C(O)C(O)C(O)C(=O)O)ccc1O. The summed E-state index contributed by atoms with van der Waals surface area (Å²) in [6.07, 6.45) is -7.64. The van der Waals surface area contributed by atoms with Crippen LogP contribution in [0.4, 0.5) is 0 Å². The van der Waals surface area contributed by atoms with Gasteiger partial charge in [-0.15, -0.1) is 0 Å². The molecule has 11 nitrogen and oxygen atoms in total. The van der Waals surface area contributed by atoms with Gasteiger partial charge < -0.3 is 40.1 Å². The number of carbonyl (C=O) groups is 3. The molecule has 0 aliphatic rings. The summed E-state index contributed by atoms with van der Waals surface area (Å²) in [4.78, 5) is 33.5. The zero-order chi connectivity index (χ0) is 20.7. The Hall–Kier alpha value is -3.15. The van der Waals surface area contributed by atoms with E-state index in [9.17, 15) is 29.7 Å². The molecule has 0 saturated heterocycles. The number of aromatic hydroxyl groups is 1. The van der Waals surface area contributed by atoms with Gasteiger partial charge in [0, 0.05) is 6.08 Å². The molecule has 0 fully saturated rings. The van der Waals surface area contributed by atoms with Gasteiger partial charge >= 0.3 is 17.9 Å². The highest BCUT2D eigenvalue weighted by atomic mass is 16.6. The molecule has 6 N–H and O–H groups in total. The van der Waals surface area contributed by atoms with Crippen LogP contribution in [-0.2, 0) is 19.1 Å². The molecule has 0 aliphatic heterocycles. The van der Waals surface area contributed by atoms with Crippen LogP contribution >= 0.6 is 0 Å². The first-order valence-corrected chi connectivity index (χ1v) is 7.34. The predicted octanol–water partition coefficient (Wildman–Crippen LogP) is -1.42. The topological polar surface area (TPSA) is 191 Å². The van der Waals surface area contributed by atoms with Gasteiger partial charge in [-0.2, -0.15) is 0 Å². The number of benzene rings is 1. The van der Waals surface area contributed by atoms with Crippen molar-refractivity contribution in [3.05, 3.63) is 29.8 Å². The molecule has 0 spiro atoms. The van der Waals surface area contributed by atoms with E-state index in [-0.39, 0.29) is 11.5 Å². The minimum atomic E-state index is -2.49. The van der Waals surface area contributed by atoms with Gasteiger partial charge in [-0.1, -0.05) is 6.07 Å². The van der Waals surface area contributed by atoms with Crippen molar-refractivity contribution in [2.75, 3.05) is 7.11 Å². The Morgan fingerprint density at radius 1 is 1.04 bits per heavy atom. The van der Waals surface area contributed by atoms with E-state index in [1.54, 1.807) is 0 Å². The van der Waals surface area contributed by atoms with Crippen LogP contribution in [0.5, 0.6) is 11.5 Å². The van der Waals surface area contributed by atoms with Crippen LogP contribution in [0.3, 0.4) is 0 Å². The van der Waals surface area contributed by atoms with Crippen LogP contribution < -0.4 is 4.74 Å². The number of phenolic OH excluding ortho intramolecular Hbond substituents is 1. The molecule has 0 bridgehead atoms. The highest BCUT2D eigenvalue weighted by Gasteiger charge is 2.40. The van der Waals surface area contributed by atoms with Crippen LogP contribution in [0, 0.1) is 0 Å². The third-order valence-electron chi connectivity index (χ3n) is 3.34. The fourth-order valence-corrected chi connectivity index (χ4v) is 1.90. The van der Waals surface area contributed by atoms with Gasteiger partial charge in [0.15, 0.2) is 17.6 Å². The number of hydrogen-bond donors (Lipinski definition) is 6. The van der Waals surface area contributed by atoms with Crippen molar-refractivity contribution in [2.45, 2.75) is 24.4 Å². The lowest BCUT2D eigenvalue weighted by atomic mass is 10.0. The predicted molar refractivity (Wildman–Crippen MR) is 86.9 cm³/mol. The van der Waals surface area contributed by atoms with Crippen LogP contribution in [0.15, 0.2) is 24.3 Å². The van der Waals surface area contributed by atoms with E-state index in [1.165, 1.54) is 31.4 Å². The fraction of sp³-hybridized carbons (Fsp3) is 0.312. The summed E-state index contributed by atoms with van der Waals surface area (Å²) < 4.78 is 9.38. The number of ether oxygens (including phenoxy) is 2. The number of carboxylic acids is 2. The Balaban J connectivity index is 2.87. The molecule has 0 aliphatic carbocycles. The maximum Gasteiger partial charge on any atom is 0.347 e. The zero-order valence-corrected chi connectivity index (χ0v) is 13.9. The molecule has 1 rings (SSSR count). The Morgan fingerprint density at radius 3 is 2.19 bits per heavy atom. The minimum Gasteiger partial charge on any atom is -0.504 e. The number of rotatable bonds is 9. The molecule has 27 heavy (non-hydrogen) atoms. The minimum absolute atomic E-state index is 0.120. The molecular weight excluding hydrogens is 368 g/mol. The van der Waals surface area contributed by atoms with Crippen LogP contribution in [0.2, 0.25) is 0 Å². The number of aliphatic hydroxyl groups excluding tert-OH is 3. The lowest BCUT2D eigenvalue weighted by molar-refractivity contribution is -0.182. The van der Waals surface area contributed by atoms with E-state index in [0.717, 1.165) is 6.08 Å². The molecule has 1 aromatic rings. The first-order valence-electron chi connectivity index (χ1n) is 7.34. The van der Waals surface area contributed by atoms with Gasteiger partial charge in [0.2, 0.25) is 6.10 Å². The Morgan fingerprint density at radius 2 is 1.67 bits per heavy atom. The maximum atomic E-state index is 11.8. The molecule has 148 valence electrons. The Bertz CT molecular complexity index is 727.